The van der Waals surface area contributed by atoms with Gasteiger partial charge in [0.1, 0.15) is 0 Å². The molecule has 114 valence electrons. The molecule has 1 aliphatic heterocycles. The number of aliphatic carboxylic acids is 1. The Morgan fingerprint density at radius 2 is 1.90 bits per heavy atom. The summed E-state index contributed by atoms with van der Waals surface area (Å²) in [4.78, 5) is 25.1. The van der Waals surface area contributed by atoms with Gasteiger partial charge in [-0.25, -0.2) is 4.79 Å². The smallest absolute Gasteiger partial charge is 0.314 e. The molecule has 6 nitrogen and oxygen atoms in total. The van der Waals surface area contributed by atoms with Crippen LogP contribution in [0.4, 0.5) is 4.79 Å². The van der Waals surface area contributed by atoms with Crippen molar-refractivity contribution in [2.24, 2.45) is 11.3 Å². The predicted molar refractivity (Wildman–Crippen MR) is 75.5 cm³/mol. The standard InChI is InChI=1S/C14H25N3O3/c1-11(9-17-6-2-3-7-17)8-15-13(20)16-10-14(4-5-14)12(18)19/h11H,2-10H2,1H3,(H,18,19)(H2,15,16,20). The van der Waals surface area contributed by atoms with Gasteiger partial charge in [-0.1, -0.05) is 6.92 Å². The summed E-state index contributed by atoms with van der Waals surface area (Å²) >= 11 is 0. The van der Waals surface area contributed by atoms with Crippen molar-refractivity contribution in [2.75, 3.05) is 32.7 Å². The SMILES string of the molecule is CC(CNC(=O)NCC1(C(=O)O)CC1)CN1CCCC1. The number of hydrogen-bond donors (Lipinski definition) is 3. The molecular weight excluding hydrogens is 258 g/mol. The summed E-state index contributed by atoms with van der Waals surface area (Å²) in [6.07, 6.45) is 3.87. The van der Waals surface area contributed by atoms with Crippen LogP contribution in [0.2, 0.25) is 0 Å². The fourth-order valence-electron chi connectivity index (χ4n) is 2.67. The molecule has 1 saturated heterocycles. The van der Waals surface area contributed by atoms with E-state index in [1.54, 1.807) is 0 Å². The third-order valence-electron chi connectivity index (χ3n) is 4.27. The van der Waals surface area contributed by atoms with Crippen molar-refractivity contribution < 1.29 is 14.7 Å². The van der Waals surface area contributed by atoms with Crippen LogP contribution in [-0.2, 0) is 4.79 Å². The Labute approximate surface area is 119 Å². The molecule has 20 heavy (non-hydrogen) atoms. The Kier molecular flexibility index (Phi) is 4.86. The summed E-state index contributed by atoms with van der Waals surface area (Å²) < 4.78 is 0. The zero-order chi connectivity index (χ0) is 14.6. The Morgan fingerprint density at radius 3 is 2.45 bits per heavy atom. The highest BCUT2D eigenvalue weighted by atomic mass is 16.4. The monoisotopic (exact) mass is 283 g/mol. The van der Waals surface area contributed by atoms with Crippen molar-refractivity contribution in [3.05, 3.63) is 0 Å². The molecule has 0 radical (unpaired) electrons. The van der Waals surface area contributed by atoms with Gasteiger partial charge in [-0.05, 0) is 44.7 Å². The summed E-state index contributed by atoms with van der Waals surface area (Å²) in [6, 6.07) is -0.259. The molecule has 0 bridgehead atoms. The molecule has 1 aliphatic carbocycles. The van der Waals surface area contributed by atoms with Crippen molar-refractivity contribution >= 4 is 12.0 Å². The maximum atomic E-state index is 11.7. The van der Waals surface area contributed by atoms with E-state index in [4.69, 9.17) is 5.11 Å². The molecule has 1 heterocycles. The van der Waals surface area contributed by atoms with Crippen LogP contribution >= 0.6 is 0 Å². The number of carboxylic acid groups (broad SMARTS) is 1. The Bertz CT molecular complexity index is 363. The lowest BCUT2D eigenvalue weighted by Gasteiger charge is -2.20. The average Bonchev–Trinajstić information content (AvgIpc) is 3.05. The van der Waals surface area contributed by atoms with Gasteiger partial charge in [0.25, 0.3) is 0 Å². The van der Waals surface area contributed by atoms with Gasteiger partial charge < -0.3 is 20.6 Å². The van der Waals surface area contributed by atoms with Gasteiger partial charge in [-0.2, -0.15) is 0 Å². The molecule has 0 aromatic carbocycles. The second kappa shape index (κ2) is 6.43. The van der Waals surface area contributed by atoms with Crippen molar-refractivity contribution in [3.8, 4) is 0 Å². The molecular formula is C14H25N3O3. The van der Waals surface area contributed by atoms with E-state index in [0.29, 0.717) is 25.3 Å². The Morgan fingerprint density at radius 1 is 1.25 bits per heavy atom. The molecule has 2 fully saturated rings. The molecule has 2 amide bonds. The summed E-state index contributed by atoms with van der Waals surface area (Å²) in [6.45, 7) is 6.32. The van der Waals surface area contributed by atoms with Crippen LogP contribution in [0.1, 0.15) is 32.6 Å². The van der Waals surface area contributed by atoms with Crippen LogP contribution < -0.4 is 10.6 Å². The summed E-state index contributed by atoms with van der Waals surface area (Å²) in [5.41, 5.74) is -0.696. The zero-order valence-electron chi connectivity index (χ0n) is 12.2. The number of rotatable bonds is 7. The number of nitrogens with zero attached hydrogens (tertiary/aromatic N) is 1. The number of urea groups is 1. The minimum Gasteiger partial charge on any atom is -0.481 e. The minimum atomic E-state index is -0.805. The van der Waals surface area contributed by atoms with Crippen LogP contribution in [0.25, 0.3) is 0 Å². The predicted octanol–water partition coefficient (Wildman–Crippen LogP) is 0.882. The van der Waals surface area contributed by atoms with E-state index in [1.165, 1.54) is 12.8 Å². The van der Waals surface area contributed by atoms with Crippen LogP contribution in [-0.4, -0.2) is 54.7 Å². The highest BCUT2D eigenvalue weighted by Crippen LogP contribution is 2.45. The van der Waals surface area contributed by atoms with Gasteiger partial charge in [-0.15, -0.1) is 0 Å². The molecule has 2 aliphatic rings. The molecule has 2 rings (SSSR count). The average molecular weight is 283 g/mol. The number of amides is 2. The zero-order valence-corrected chi connectivity index (χ0v) is 12.2. The second-order valence-corrected chi connectivity index (χ2v) is 6.26. The Hall–Kier alpha value is -1.30. The number of hydrogen-bond acceptors (Lipinski definition) is 3. The van der Waals surface area contributed by atoms with Gasteiger partial charge >= 0.3 is 12.0 Å². The first kappa shape index (κ1) is 15.1. The van der Waals surface area contributed by atoms with Gasteiger partial charge in [0, 0.05) is 19.6 Å². The lowest BCUT2D eigenvalue weighted by molar-refractivity contribution is -0.143. The molecule has 3 N–H and O–H groups in total. The summed E-state index contributed by atoms with van der Waals surface area (Å²) in [5, 5.41) is 14.5. The van der Waals surface area contributed by atoms with Gasteiger partial charge in [0.15, 0.2) is 0 Å². The fourth-order valence-corrected chi connectivity index (χ4v) is 2.67. The maximum Gasteiger partial charge on any atom is 0.314 e. The van der Waals surface area contributed by atoms with Crippen molar-refractivity contribution in [1.82, 2.24) is 15.5 Å². The summed E-state index contributed by atoms with van der Waals surface area (Å²) in [5.74, 6) is -0.395. The molecule has 0 aromatic heterocycles. The van der Waals surface area contributed by atoms with Crippen LogP contribution in [0.3, 0.4) is 0 Å². The number of carboxylic acids is 1. The summed E-state index contributed by atoms with van der Waals surface area (Å²) in [7, 11) is 0. The van der Waals surface area contributed by atoms with Gasteiger partial charge in [0.2, 0.25) is 0 Å². The number of carbonyl (C=O) groups is 2. The van der Waals surface area contributed by atoms with Crippen molar-refractivity contribution in [3.63, 3.8) is 0 Å². The maximum absolute atomic E-state index is 11.7. The van der Waals surface area contributed by atoms with Crippen LogP contribution in [0.5, 0.6) is 0 Å². The number of likely N-dealkylation sites (tertiary alicyclic amines) is 1. The van der Waals surface area contributed by atoms with Crippen molar-refractivity contribution in [1.29, 1.82) is 0 Å². The van der Waals surface area contributed by atoms with E-state index >= 15 is 0 Å². The highest BCUT2D eigenvalue weighted by molar-refractivity contribution is 5.80. The second-order valence-electron chi connectivity index (χ2n) is 6.26. The van der Waals surface area contributed by atoms with Crippen molar-refractivity contribution in [2.45, 2.75) is 32.6 Å². The lowest BCUT2D eigenvalue weighted by atomic mass is 10.1. The van der Waals surface area contributed by atoms with E-state index in [1.807, 2.05) is 0 Å². The van der Waals surface area contributed by atoms with E-state index < -0.39 is 11.4 Å². The first-order valence-corrected chi connectivity index (χ1v) is 7.49. The first-order chi connectivity index (χ1) is 9.52. The molecule has 1 atom stereocenters. The first-order valence-electron chi connectivity index (χ1n) is 7.49. The molecule has 0 aromatic rings. The lowest BCUT2D eigenvalue weighted by Crippen LogP contribution is -2.43. The Balaban J connectivity index is 1.58. The third kappa shape index (κ3) is 4.10. The number of carbonyl (C=O) groups excluding carboxylic acids is 1. The van der Waals surface area contributed by atoms with E-state index in [-0.39, 0.29) is 12.6 Å². The van der Waals surface area contributed by atoms with E-state index in [0.717, 1.165) is 19.6 Å². The third-order valence-corrected chi connectivity index (χ3v) is 4.27. The molecule has 1 saturated carbocycles. The van der Waals surface area contributed by atoms with E-state index in [9.17, 15) is 9.59 Å². The quantitative estimate of drug-likeness (QED) is 0.648. The largest absolute Gasteiger partial charge is 0.481 e. The van der Waals surface area contributed by atoms with Gasteiger partial charge in [0.05, 0.1) is 5.41 Å². The highest BCUT2D eigenvalue weighted by Gasteiger charge is 2.50. The molecule has 1 unspecified atom stereocenters. The molecule has 6 heteroatoms. The van der Waals surface area contributed by atoms with Gasteiger partial charge in [-0.3, -0.25) is 4.79 Å². The van der Waals surface area contributed by atoms with Crippen LogP contribution in [0.15, 0.2) is 0 Å². The molecule has 0 spiro atoms. The number of nitrogens with one attached hydrogen (secondary N) is 2. The normalized spacial score (nSPS) is 22.2. The van der Waals surface area contributed by atoms with E-state index in [2.05, 4.69) is 22.5 Å². The fraction of sp³-hybridized carbons (Fsp3) is 0.857. The minimum absolute atomic E-state index is 0.231. The van der Waals surface area contributed by atoms with Crippen LogP contribution in [0, 0.1) is 11.3 Å². The topological polar surface area (TPSA) is 81.7 Å².